The van der Waals surface area contributed by atoms with E-state index in [2.05, 4.69) is 47.0 Å². The molecule has 0 unspecified atom stereocenters. The van der Waals surface area contributed by atoms with Crippen LogP contribution in [0.2, 0.25) is 0 Å². The van der Waals surface area contributed by atoms with Gasteiger partial charge in [-0.3, -0.25) is 19.5 Å². The molecule has 0 saturated heterocycles. The van der Waals surface area contributed by atoms with Crippen LogP contribution in [-0.2, 0) is 16.1 Å². The Balaban J connectivity index is 1.75. The molecule has 5 rings (SSSR count). The third kappa shape index (κ3) is 3.14. The zero-order chi connectivity index (χ0) is 21.7. The number of hydrogen-bond donors (Lipinski definition) is 1. The van der Waals surface area contributed by atoms with Crippen molar-refractivity contribution in [1.29, 1.82) is 0 Å². The molecule has 2 aliphatic heterocycles. The number of amides is 2. The first-order valence-electron chi connectivity index (χ1n) is 10.8. The number of carbonyl (C=O) groups is 2. The monoisotopic (exact) mass is 414 g/mol. The Labute approximate surface area is 181 Å². The summed E-state index contributed by atoms with van der Waals surface area (Å²) < 4.78 is 2.30. The van der Waals surface area contributed by atoms with E-state index in [9.17, 15) is 9.59 Å². The van der Waals surface area contributed by atoms with Crippen LogP contribution < -0.4 is 5.32 Å². The summed E-state index contributed by atoms with van der Waals surface area (Å²) in [5.74, 6) is -0.143. The van der Waals surface area contributed by atoms with Crippen molar-refractivity contribution in [2.24, 2.45) is 5.92 Å². The zero-order valence-corrected chi connectivity index (χ0v) is 18.1. The fraction of sp³-hybridized carbons (Fsp3) is 0.320. The molecule has 0 fully saturated rings. The van der Waals surface area contributed by atoms with Gasteiger partial charge < -0.3 is 9.88 Å². The molecule has 6 nitrogen and oxygen atoms in total. The molecule has 2 amide bonds. The number of pyridine rings is 1. The third-order valence-electron chi connectivity index (χ3n) is 6.28. The summed E-state index contributed by atoms with van der Waals surface area (Å²) in [7, 11) is 0. The van der Waals surface area contributed by atoms with Crippen LogP contribution in [0.3, 0.4) is 0 Å². The van der Waals surface area contributed by atoms with Gasteiger partial charge >= 0.3 is 0 Å². The molecule has 0 bridgehead atoms. The molecule has 158 valence electrons. The lowest BCUT2D eigenvalue weighted by Gasteiger charge is -2.19. The van der Waals surface area contributed by atoms with Crippen molar-refractivity contribution < 1.29 is 9.59 Å². The second-order valence-electron chi connectivity index (χ2n) is 8.81. The summed E-state index contributed by atoms with van der Waals surface area (Å²) >= 11 is 0. The smallest absolute Gasteiger partial charge is 0.259 e. The molecule has 0 radical (unpaired) electrons. The first-order valence-corrected chi connectivity index (χ1v) is 10.8. The van der Waals surface area contributed by atoms with E-state index in [1.54, 1.807) is 6.20 Å². The number of benzene rings is 1. The Hall–Kier alpha value is -3.41. The molecule has 1 N–H and O–H groups in total. The molecule has 0 aliphatic carbocycles. The van der Waals surface area contributed by atoms with Crippen molar-refractivity contribution in [3.63, 3.8) is 0 Å². The number of rotatable bonds is 4. The number of aryl methyl sites for hydroxylation is 1. The number of nitrogens with zero attached hydrogens (tertiary/aromatic N) is 3. The van der Waals surface area contributed by atoms with Crippen LogP contribution in [-0.4, -0.2) is 32.8 Å². The Morgan fingerprint density at radius 3 is 2.81 bits per heavy atom. The molecule has 1 aromatic carbocycles. The maximum atomic E-state index is 13.4. The fourth-order valence-corrected chi connectivity index (χ4v) is 4.75. The molecule has 2 aliphatic rings. The summed E-state index contributed by atoms with van der Waals surface area (Å²) in [4.78, 5) is 31.2. The number of hydrogen-bond acceptors (Lipinski definition) is 4. The van der Waals surface area contributed by atoms with Crippen molar-refractivity contribution in [3.05, 3.63) is 71.3 Å². The first kappa shape index (κ1) is 19.5. The van der Waals surface area contributed by atoms with Gasteiger partial charge in [0.1, 0.15) is 0 Å². The van der Waals surface area contributed by atoms with E-state index in [1.165, 1.54) is 11.8 Å². The Morgan fingerprint density at radius 2 is 2.10 bits per heavy atom. The number of imide groups is 1. The maximum Gasteiger partial charge on any atom is 0.259 e. The first-order chi connectivity index (χ1) is 15.0. The summed E-state index contributed by atoms with van der Waals surface area (Å²) in [6, 6.07) is 10.1. The Morgan fingerprint density at radius 1 is 1.26 bits per heavy atom. The van der Waals surface area contributed by atoms with Crippen LogP contribution in [0.15, 0.2) is 60.2 Å². The molecule has 4 heterocycles. The van der Waals surface area contributed by atoms with E-state index in [-0.39, 0.29) is 24.3 Å². The largest absolute Gasteiger partial charge is 0.356 e. The summed E-state index contributed by atoms with van der Waals surface area (Å²) in [6.07, 6.45) is 6.83. The number of carbonyl (C=O) groups excluding carboxylic acids is 2. The van der Waals surface area contributed by atoms with Crippen LogP contribution in [0.25, 0.3) is 10.9 Å². The van der Waals surface area contributed by atoms with E-state index in [0.717, 1.165) is 46.4 Å². The number of aromatic nitrogens is 2. The summed E-state index contributed by atoms with van der Waals surface area (Å²) in [6.45, 7) is 7.08. The minimum Gasteiger partial charge on any atom is -0.356 e. The van der Waals surface area contributed by atoms with Crippen LogP contribution in [0.1, 0.15) is 44.2 Å². The predicted octanol–water partition coefficient (Wildman–Crippen LogP) is 4.28. The van der Waals surface area contributed by atoms with Gasteiger partial charge in [-0.2, -0.15) is 0 Å². The van der Waals surface area contributed by atoms with Gasteiger partial charge in [-0.25, -0.2) is 0 Å². The topological polar surface area (TPSA) is 67.2 Å². The highest BCUT2D eigenvalue weighted by atomic mass is 16.2. The van der Waals surface area contributed by atoms with Gasteiger partial charge in [-0.1, -0.05) is 26.0 Å². The van der Waals surface area contributed by atoms with Crippen LogP contribution in [0.5, 0.6) is 0 Å². The fourth-order valence-electron chi connectivity index (χ4n) is 4.75. The SMILES string of the molecule is CC(=O)N1CC2=C(C1=O)[C@@H](c1cccnc1)c1cn(CCC(C)C)c3cccc(c13)N2. The summed E-state index contributed by atoms with van der Waals surface area (Å²) in [5, 5.41) is 4.65. The number of nitrogens with one attached hydrogen (secondary N) is 1. The van der Waals surface area contributed by atoms with Gasteiger partial charge in [0.25, 0.3) is 5.91 Å². The standard InChI is InChI=1S/C25H26N4O2/c1-15(2)9-11-28-13-18-22(17-6-5-10-26-12-17)24-20(14-29(16(3)30)25(24)31)27-19-7-4-8-21(28)23(18)19/h4-8,10,12-13,15,22,27H,9,11,14H2,1-3H3/t22-/m0/s1. The van der Waals surface area contributed by atoms with E-state index in [1.807, 2.05) is 24.4 Å². The quantitative estimate of drug-likeness (QED) is 0.692. The van der Waals surface area contributed by atoms with E-state index in [0.29, 0.717) is 11.5 Å². The van der Waals surface area contributed by atoms with Crippen molar-refractivity contribution in [2.45, 2.75) is 39.7 Å². The normalized spacial score (nSPS) is 17.9. The highest BCUT2D eigenvalue weighted by Gasteiger charge is 2.41. The van der Waals surface area contributed by atoms with Crippen LogP contribution >= 0.6 is 0 Å². The molecular weight excluding hydrogens is 388 g/mol. The second kappa shape index (κ2) is 7.38. The van der Waals surface area contributed by atoms with Gasteiger partial charge in [0, 0.05) is 54.7 Å². The van der Waals surface area contributed by atoms with Gasteiger partial charge in [0.2, 0.25) is 5.91 Å². The summed E-state index contributed by atoms with van der Waals surface area (Å²) in [5.41, 5.74) is 5.61. The molecule has 3 aromatic rings. The van der Waals surface area contributed by atoms with Gasteiger partial charge in [-0.15, -0.1) is 0 Å². The lowest BCUT2D eigenvalue weighted by Crippen LogP contribution is -2.33. The third-order valence-corrected chi connectivity index (χ3v) is 6.28. The maximum absolute atomic E-state index is 13.4. The predicted molar refractivity (Wildman–Crippen MR) is 121 cm³/mol. The molecule has 0 spiro atoms. The zero-order valence-electron chi connectivity index (χ0n) is 18.1. The van der Waals surface area contributed by atoms with Crippen molar-refractivity contribution in [1.82, 2.24) is 14.5 Å². The minimum atomic E-state index is -0.278. The van der Waals surface area contributed by atoms with Gasteiger partial charge in [-0.05, 0) is 41.7 Å². The van der Waals surface area contributed by atoms with E-state index in [4.69, 9.17) is 0 Å². The van der Waals surface area contributed by atoms with E-state index < -0.39 is 0 Å². The van der Waals surface area contributed by atoms with Crippen molar-refractivity contribution in [2.75, 3.05) is 11.9 Å². The molecule has 1 atom stereocenters. The van der Waals surface area contributed by atoms with Crippen molar-refractivity contribution >= 4 is 28.4 Å². The average molecular weight is 415 g/mol. The molecular formula is C25H26N4O2. The average Bonchev–Trinajstić information content (AvgIpc) is 3.23. The second-order valence-corrected chi connectivity index (χ2v) is 8.81. The van der Waals surface area contributed by atoms with Crippen LogP contribution in [0, 0.1) is 5.92 Å². The number of anilines is 1. The van der Waals surface area contributed by atoms with Crippen molar-refractivity contribution in [3.8, 4) is 0 Å². The molecule has 2 aromatic heterocycles. The highest BCUT2D eigenvalue weighted by molar-refractivity contribution is 6.11. The molecule has 31 heavy (non-hydrogen) atoms. The van der Waals surface area contributed by atoms with Gasteiger partial charge in [0.15, 0.2) is 0 Å². The lowest BCUT2D eigenvalue weighted by molar-refractivity contribution is -0.139. The molecule has 6 heteroatoms. The molecule has 0 saturated carbocycles. The van der Waals surface area contributed by atoms with Crippen LogP contribution in [0.4, 0.5) is 5.69 Å². The highest BCUT2D eigenvalue weighted by Crippen LogP contribution is 2.46. The lowest BCUT2D eigenvalue weighted by atomic mass is 9.85. The van der Waals surface area contributed by atoms with E-state index >= 15 is 0 Å². The van der Waals surface area contributed by atoms with Gasteiger partial charge in [0.05, 0.1) is 17.6 Å². The minimum absolute atomic E-state index is 0.222. The Kier molecular flexibility index (Phi) is 4.65. The Bertz CT molecular complexity index is 1220.